The van der Waals surface area contributed by atoms with E-state index in [4.69, 9.17) is 16.2 Å². The maximum Gasteiger partial charge on any atom is 0.124 e. The molecule has 0 aromatic heterocycles. The molecule has 6 atom stereocenters. The second-order valence-electron chi connectivity index (χ2n) is 9.13. The first-order valence-electron chi connectivity index (χ1n) is 11.9. The smallest absolute Gasteiger partial charge is 0.124 e. The van der Waals surface area contributed by atoms with E-state index in [1.165, 1.54) is 5.70 Å². The molecule has 0 saturated heterocycles. The zero-order chi connectivity index (χ0) is 21.3. The molecule has 0 aromatic rings. The van der Waals surface area contributed by atoms with Crippen molar-refractivity contribution < 1.29 is 14.9 Å². The molecular formula is C24H41N3O3. The van der Waals surface area contributed by atoms with Crippen molar-refractivity contribution in [3.05, 3.63) is 35.8 Å². The number of aliphatic hydroxyl groups excluding tert-OH is 2. The summed E-state index contributed by atoms with van der Waals surface area (Å²) in [6.07, 6.45) is 18.0. The normalized spacial score (nSPS) is 41.2. The SMILES string of the molecule is NC1CC/C(NC2CC/C(OC3CC/C=C/CCC3O)=C/CCC2N)=C/CCC1O. The molecule has 6 unspecified atom stereocenters. The van der Waals surface area contributed by atoms with Gasteiger partial charge in [-0.3, -0.25) is 0 Å². The number of rotatable bonds is 4. The third-order valence-corrected chi connectivity index (χ3v) is 6.70. The van der Waals surface area contributed by atoms with Crippen LogP contribution in [0, 0.1) is 0 Å². The number of nitrogens with two attached hydrogens (primary N) is 2. The van der Waals surface area contributed by atoms with Crippen LogP contribution in [0.2, 0.25) is 0 Å². The van der Waals surface area contributed by atoms with Gasteiger partial charge in [0, 0.05) is 30.2 Å². The standard InChI is InChI=1S/C24H41N3O3/c25-19-9-6-8-18(30-24-12-4-2-1-3-10-23(24)29)14-16-21(19)27-17-7-5-11-22(28)20(26)15-13-17/h1-2,7-8,19-24,27-29H,3-6,9-16,25-26H2/b2-1+,17-7-,18-8-. The summed E-state index contributed by atoms with van der Waals surface area (Å²) in [5, 5.41) is 24.1. The zero-order valence-corrected chi connectivity index (χ0v) is 18.2. The molecule has 0 fully saturated rings. The lowest BCUT2D eigenvalue weighted by Gasteiger charge is -2.32. The molecule has 6 nitrogen and oxygen atoms in total. The first-order chi connectivity index (χ1) is 14.5. The molecule has 7 N–H and O–H groups in total. The van der Waals surface area contributed by atoms with Gasteiger partial charge in [0.05, 0.1) is 18.0 Å². The Morgan fingerprint density at radius 2 is 1.50 bits per heavy atom. The second-order valence-corrected chi connectivity index (χ2v) is 9.13. The van der Waals surface area contributed by atoms with Gasteiger partial charge >= 0.3 is 0 Å². The van der Waals surface area contributed by atoms with E-state index in [0.29, 0.717) is 6.42 Å². The maximum absolute atomic E-state index is 10.5. The zero-order valence-electron chi connectivity index (χ0n) is 18.2. The molecule has 3 aliphatic carbocycles. The van der Waals surface area contributed by atoms with Gasteiger partial charge < -0.3 is 31.7 Å². The Morgan fingerprint density at radius 3 is 2.33 bits per heavy atom. The minimum Gasteiger partial charge on any atom is -0.492 e. The molecule has 170 valence electrons. The van der Waals surface area contributed by atoms with Crippen molar-refractivity contribution >= 4 is 0 Å². The van der Waals surface area contributed by atoms with Gasteiger partial charge in [-0.25, -0.2) is 0 Å². The Kier molecular flexibility index (Phi) is 9.25. The van der Waals surface area contributed by atoms with E-state index in [2.05, 4.69) is 29.6 Å². The molecule has 0 saturated carbocycles. The number of ether oxygens (including phenoxy) is 1. The van der Waals surface area contributed by atoms with Crippen LogP contribution in [-0.2, 0) is 4.74 Å². The Balaban J connectivity index is 1.56. The minimum atomic E-state index is -0.407. The summed E-state index contributed by atoms with van der Waals surface area (Å²) in [7, 11) is 0. The summed E-state index contributed by atoms with van der Waals surface area (Å²) in [6, 6.07) is 0.120. The monoisotopic (exact) mass is 419 g/mol. The summed E-state index contributed by atoms with van der Waals surface area (Å²) in [6.45, 7) is 0. The van der Waals surface area contributed by atoms with E-state index in [1.54, 1.807) is 0 Å². The fourth-order valence-corrected chi connectivity index (χ4v) is 4.64. The molecule has 0 spiro atoms. The largest absolute Gasteiger partial charge is 0.492 e. The lowest BCUT2D eigenvalue weighted by Crippen LogP contribution is -2.46. The third-order valence-electron chi connectivity index (χ3n) is 6.70. The van der Waals surface area contributed by atoms with Gasteiger partial charge in [-0.2, -0.15) is 0 Å². The van der Waals surface area contributed by atoms with E-state index in [0.717, 1.165) is 76.4 Å². The van der Waals surface area contributed by atoms with Gasteiger partial charge in [0.15, 0.2) is 0 Å². The lowest BCUT2D eigenvalue weighted by molar-refractivity contribution is -0.0161. The van der Waals surface area contributed by atoms with Crippen molar-refractivity contribution in [3.8, 4) is 0 Å². The first kappa shape index (κ1) is 23.3. The van der Waals surface area contributed by atoms with Crippen LogP contribution in [-0.4, -0.2) is 46.7 Å². The molecule has 0 radical (unpaired) electrons. The van der Waals surface area contributed by atoms with Crippen LogP contribution < -0.4 is 16.8 Å². The van der Waals surface area contributed by atoms with E-state index in [1.807, 2.05) is 0 Å². The predicted molar refractivity (Wildman–Crippen MR) is 120 cm³/mol. The molecule has 0 aliphatic heterocycles. The summed E-state index contributed by atoms with van der Waals surface area (Å²) in [5.74, 6) is 0.999. The highest BCUT2D eigenvalue weighted by atomic mass is 16.5. The van der Waals surface area contributed by atoms with Crippen molar-refractivity contribution in [2.45, 2.75) is 113 Å². The highest BCUT2D eigenvalue weighted by Crippen LogP contribution is 2.25. The summed E-state index contributed by atoms with van der Waals surface area (Å²) in [5.41, 5.74) is 13.8. The summed E-state index contributed by atoms with van der Waals surface area (Å²) >= 11 is 0. The highest BCUT2D eigenvalue weighted by molar-refractivity contribution is 5.08. The predicted octanol–water partition coefficient (Wildman–Crippen LogP) is 2.75. The third kappa shape index (κ3) is 7.12. The first-order valence-corrected chi connectivity index (χ1v) is 11.9. The second kappa shape index (κ2) is 11.9. The average molecular weight is 420 g/mol. The van der Waals surface area contributed by atoms with Gasteiger partial charge in [-0.1, -0.05) is 18.2 Å². The lowest BCUT2D eigenvalue weighted by atomic mass is 9.93. The van der Waals surface area contributed by atoms with E-state index in [-0.39, 0.29) is 24.2 Å². The molecule has 0 aromatic carbocycles. The van der Waals surface area contributed by atoms with E-state index in [9.17, 15) is 10.2 Å². The van der Waals surface area contributed by atoms with Crippen molar-refractivity contribution in [1.29, 1.82) is 0 Å². The fourth-order valence-electron chi connectivity index (χ4n) is 4.64. The minimum absolute atomic E-state index is 0.0884. The van der Waals surface area contributed by atoms with Crippen LogP contribution in [0.4, 0.5) is 0 Å². The number of aliphatic hydroxyl groups is 2. The maximum atomic E-state index is 10.5. The summed E-state index contributed by atoms with van der Waals surface area (Å²) in [4.78, 5) is 0. The van der Waals surface area contributed by atoms with Crippen molar-refractivity contribution in [1.82, 2.24) is 5.32 Å². The number of allylic oxidation sites excluding steroid dienone is 6. The average Bonchev–Trinajstić information content (AvgIpc) is 2.70. The van der Waals surface area contributed by atoms with Crippen molar-refractivity contribution in [2.75, 3.05) is 0 Å². The highest BCUT2D eigenvalue weighted by Gasteiger charge is 2.26. The number of nitrogens with one attached hydrogen (secondary N) is 1. The van der Waals surface area contributed by atoms with Crippen molar-refractivity contribution in [2.24, 2.45) is 11.5 Å². The van der Waals surface area contributed by atoms with Gasteiger partial charge in [0.1, 0.15) is 6.10 Å². The Hall–Kier alpha value is -1.34. The van der Waals surface area contributed by atoms with Crippen LogP contribution in [0.3, 0.4) is 0 Å². The molecule has 0 bridgehead atoms. The van der Waals surface area contributed by atoms with Gasteiger partial charge in [-0.15, -0.1) is 0 Å². The van der Waals surface area contributed by atoms with Crippen LogP contribution in [0.5, 0.6) is 0 Å². The molecule has 0 amide bonds. The topological polar surface area (TPSA) is 114 Å². The molecule has 3 rings (SSSR count). The molecule has 3 aliphatic rings. The molecule has 0 heterocycles. The molecule has 6 heteroatoms. The van der Waals surface area contributed by atoms with Gasteiger partial charge in [0.2, 0.25) is 0 Å². The van der Waals surface area contributed by atoms with Gasteiger partial charge in [0.25, 0.3) is 0 Å². The van der Waals surface area contributed by atoms with Crippen LogP contribution in [0.15, 0.2) is 35.8 Å². The molecular weight excluding hydrogens is 378 g/mol. The van der Waals surface area contributed by atoms with Crippen LogP contribution >= 0.6 is 0 Å². The Morgan fingerprint density at radius 1 is 0.767 bits per heavy atom. The fraction of sp³-hybridized carbons (Fsp3) is 0.750. The van der Waals surface area contributed by atoms with E-state index < -0.39 is 12.2 Å². The number of hydrogen-bond acceptors (Lipinski definition) is 6. The number of hydrogen-bond donors (Lipinski definition) is 5. The quantitative estimate of drug-likeness (QED) is 0.448. The van der Waals surface area contributed by atoms with Gasteiger partial charge in [-0.05, 0) is 76.7 Å². The Bertz CT molecular complexity index is 619. The van der Waals surface area contributed by atoms with Crippen molar-refractivity contribution in [3.63, 3.8) is 0 Å². The van der Waals surface area contributed by atoms with E-state index >= 15 is 0 Å². The van der Waals surface area contributed by atoms with Crippen LogP contribution in [0.1, 0.15) is 77.0 Å². The summed E-state index contributed by atoms with van der Waals surface area (Å²) < 4.78 is 6.30. The molecule has 30 heavy (non-hydrogen) atoms. The Labute approximate surface area is 181 Å². The van der Waals surface area contributed by atoms with Crippen LogP contribution in [0.25, 0.3) is 0 Å².